The lowest BCUT2D eigenvalue weighted by molar-refractivity contribution is -0.154. The number of aliphatic hydroxyl groups is 1. The molecule has 0 aliphatic heterocycles. The number of allylic oxidation sites excluding steroid dienone is 8. The molecule has 0 aliphatic carbocycles. The largest absolute Gasteiger partial charge is 0.457 e. The molecule has 1 atom stereocenters. The quantitative estimate of drug-likeness (QED) is 0.0377. The van der Waals surface area contributed by atoms with Crippen molar-refractivity contribution in [2.24, 2.45) is 0 Å². The molecule has 1 N–H and O–H groups in total. The summed E-state index contributed by atoms with van der Waals surface area (Å²) in [5.41, 5.74) is 0. The number of unbranched alkanes of at least 4 members (excludes halogenated alkanes) is 33. The van der Waals surface area contributed by atoms with Crippen LogP contribution < -0.4 is 0 Å². The number of hydrogen-bond donors (Lipinski definition) is 1. The lowest BCUT2D eigenvalue weighted by atomic mass is 10.0. The van der Waals surface area contributed by atoms with E-state index in [-0.39, 0.29) is 12.6 Å². The van der Waals surface area contributed by atoms with Gasteiger partial charge in [0.2, 0.25) is 0 Å². The average Bonchev–Trinajstić information content (AvgIpc) is 3.24. The van der Waals surface area contributed by atoms with Crippen LogP contribution in [0.5, 0.6) is 0 Å². The SMILES string of the molecule is CCCCCCC/C=C\C/C=C\CCCCCCCCCCCCCCCC(=O)OC(CO)COCCCCCCCCCCCC/C=C\C/C=C\CCCCCCC. The summed E-state index contributed by atoms with van der Waals surface area (Å²) in [6, 6.07) is 0. The minimum Gasteiger partial charge on any atom is -0.457 e. The second-order valence-corrected chi connectivity index (χ2v) is 17.6. The minimum atomic E-state index is -0.537. The Balaban J connectivity index is 3.40. The number of esters is 1. The number of ether oxygens (including phenoxy) is 2. The Labute approximate surface area is 369 Å². The van der Waals surface area contributed by atoms with E-state index in [1.807, 2.05) is 0 Å². The Hall–Kier alpha value is -1.65. The van der Waals surface area contributed by atoms with E-state index in [9.17, 15) is 9.90 Å². The van der Waals surface area contributed by atoms with Gasteiger partial charge in [0, 0.05) is 13.0 Å². The van der Waals surface area contributed by atoms with Gasteiger partial charge in [0.05, 0.1) is 13.2 Å². The highest BCUT2D eigenvalue weighted by Gasteiger charge is 2.13. The summed E-state index contributed by atoms with van der Waals surface area (Å²) in [5, 5.41) is 9.66. The first-order valence-corrected chi connectivity index (χ1v) is 26.2. The standard InChI is InChI=1S/C55H102O4/c1-3-5-7-9-11-13-15-17-19-21-23-25-27-28-29-30-32-34-36-38-40-42-44-46-48-50-55(57)59-54(52-56)53-58-51-49-47-45-43-41-39-37-35-33-31-26-24-22-20-18-16-14-12-10-8-6-4-2/h15-18,21-24,54,56H,3-14,19-20,25-53H2,1-2H3/b17-15-,18-16-,23-21-,24-22-. The van der Waals surface area contributed by atoms with E-state index in [0.717, 1.165) is 32.1 Å². The summed E-state index contributed by atoms with van der Waals surface area (Å²) < 4.78 is 11.2. The van der Waals surface area contributed by atoms with E-state index >= 15 is 0 Å². The molecule has 4 heteroatoms. The number of carbonyl (C=O) groups is 1. The molecular weight excluding hydrogens is 725 g/mol. The van der Waals surface area contributed by atoms with Crippen molar-refractivity contribution in [3.05, 3.63) is 48.6 Å². The molecule has 0 aromatic heterocycles. The second-order valence-electron chi connectivity index (χ2n) is 17.6. The zero-order chi connectivity index (χ0) is 42.6. The Kier molecular flexibility index (Phi) is 51.0. The lowest BCUT2D eigenvalue weighted by Gasteiger charge is -2.16. The molecule has 0 spiro atoms. The zero-order valence-electron chi connectivity index (χ0n) is 39.8. The Morgan fingerprint density at radius 3 is 1.05 bits per heavy atom. The molecule has 0 fully saturated rings. The predicted molar refractivity (Wildman–Crippen MR) is 260 cm³/mol. The third-order valence-corrected chi connectivity index (χ3v) is 11.6. The number of hydrogen-bond acceptors (Lipinski definition) is 4. The van der Waals surface area contributed by atoms with Gasteiger partial charge in [-0.05, 0) is 77.0 Å². The molecule has 0 radical (unpaired) electrons. The van der Waals surface area contributed by atoms with Gasteiger partial charge in [-0.15, -0.1) is 0 Å². The number of rotatable bonds is 49. The van der Waals surface area contributed by atoms with Crippen molar-refractivity contribution >= 4 is 5.97 Å². The van der Waals surface area contributed by atoms with E-state index in [0.29, 0.717) is 19.6 Å². The summed E-state index contributed by atoms with van der Waals surface area (Å²) in [6.45, 7) is 5.35. The fraction of sp³-hybridized carbons (Fsp3) is 0.836. The average molecular weight is 827 g/mol. The lowest BCUT2D eigenvalue weighted by Crippen LogP contribution is -2.27. The third kappa shape index (κ3) is 50.6. The first-order chi connectivity index (χ1) is 29.2. The summed E-state index contributed by atoms with van der Waals surface area (Å²) in [5.74, 6) is -0.200. The van der Waals surface area contributed by atoms with Crippen molar-refractivity contribution in [3.8, 4) is 0 Å². The fourth-order valence-electron chi connectivity index (χ4n) is 7.69. The van der Waals surface area contributed by atoms with Gasteiger partial charge in [0.25, 0.3) is 0 Å². The summed E-state index contributed by atoms with van der Waals surface area (Å²) >= 11 is 0. The molecular formula is C55H102O4. The van der Waals surface area contributed by atoms with Crippen LogP contribution in [0.4, 0.5) is 0 Å². The van der Waals surface area contributed by atoms with Gasteiger partial charge in [-0.3, -0.25) is 4.79 Å². The maximum atomic E-state index is 12.3. The van der Waals surface area contributed by atoms with Crippen molar-refractivity contribution < 1.29 is 19.4 Å². The Morgan fingerprint density at radius 1 is 0.407 bits per heavy atom. The monoisotopic (exact) mass is 827 g/mol. The predicted octanol–water partition coefficient (Wildman–Crippen LogP) is 17.8. The van der Waals surface area contributed by atoms with E-state index in [4.69, 9.17) is 9.47 Å². The molecule has 59 heavy (non-hydrogen) atoms. The minimum absolute atomic E-state index is 0.172. The van der Waals surface area contributed by atoms with E-state index < -0.39 is 6.10 Å². The highest BCUT2D eigenvalue weighted by Crippen LogP contribution is 2.15. The van der Waals surface area contributed by atoms with E-state index in [1.54, 1.807) is 0 Å². The molecule has 4 nitrogen and oxygen atoms in total. The molecule has 0 rings (SSSR count). The number of aliphatic hydroxyl groups excluding tert-OH is 1. The molecule has 1 unspecified atom stereocenters. The van der Waals surface area contributed by atoms with Crippen molar-refractivity contribution in [1.82, 2.24) is 0 Å². The number of carbonyl (C=O) groups excluding carboxylic acids is 1. The van der Waals surface area contributed by atoms with Gasteiger partial charge in [0.1, 0.15) is 6.10 Å². The Bertz CT molecular complexity index is 920. The normalized spacial score (nSPS) is 12.7. The van der Waals surface area contributed by atoms with Gasteiger partial charge < -0.3 is 14.6 Å². The van der Waals surface area contributed by atoms with Gasteiger partial charge in [-0.25, -0.2) is 0 Å². The molecule has 346 valence electrons. The van der Waals surface area contributed by atoms with Crippen molar-refractivity contribution in [3.63, 3.8) is 0 Å². The van der Waals surface area contributed by atoms with Crippen LogP contribution in [0.2, 0.25) is 0 Å². The topological polar surface area (TPSA) is 55.8 Å². The first-order valence-electron chi connectivity index (χ1n) is 26.2. The van der Waals surface area contributed by atoms with Crippen LogP contribution in [0.15, 0.2) is 48.6 Å². The summed E-state index contributed by atoms with van der Waals surface area (Å²) in [4.78, 5) is 12.3. The molecule has 0 heterocycles. The van der Waals surface area contributed by atoms with Crippen molar-refractivity contribution in [2.75, 3.05) is 19.8 Å². The molecule has 0 amide bonds. The van der Waals surface area contributed by atoms with Crippen LogP contribution >= 0.6 is 0 Å². The first kappa shape index (κ1) is 57.3. The summed E-state index contributed by atoms with van der Waals surface area (Å²) in [7, 11) is 0. The molecule has 0 aromatic rings. The fourth-order valence-corrected chi connectivity index (χ4v) is 7.69. The van der Waals surface area contributed by atoms with Crippen LogP contribution in [0.1, 0.15) is 271 Å². The van der Waals surface area contributed by atoms with Crippen molar-refractivity contribution in [1.29, 1.82) is 0 Å². The maximum Gasteiger partial charge on any atom is 0.306 e. The smallest absolute Gasteiger partial charge is 0.306 e. The molecule has 0 aliphatic rings. The van der Waals surface area contributed by atoms with Crippen LogP contribution in [0.3, 0.4) is 0 Å². The molecule has 0 saturated carbocycles. The zero-order valence-corrected chi connectivity index (χ0v) is 39.8. The van der Waals surface area contributed by atoms with Crippen LogP contribution in [0, 0.1) is 0 Å². The van der Waals surface area contributed by atoms with E-state index in [1.165, 1.54) is 218 Å². The van der Waals surface area contributed by atoms with Crippen LogP contribution in [-0.4, -0.2) is 37.0 Å². The highest BCUT2D eigenvalue weighted by molar-refractivity contribution is 5.69. The summed E-state index contributed by atoms with van der Waals surface area (Å²) in [6.07, 6.45) is 69.2. The van der Waals surface area contributed by atoms with Gasteiger partial charge in [0.15, 0.2) is 0 Å². The molecule has 0 aromatic carbocycles. The van der Waals surface area contributed by atoms with E-state index in [2.05, 4.69) is 62.5 Å². The van der Waals surface area contributed by atoms with Crippen molar-refractivity contribution in [2.45, 2.75) is 277 Å². The Morgan fingerprint density at radius 2 is 0.712 bits per heavy atom. The molecule has 0 bridgehead atoms. The van der Waals surface area contributed by atoms with Crippen LogP contribution in [-0.2, 0) is 14.3 Å². The molecule has 0 saturated heterocycles. The van der Waals surface area contributed by atoms with Crippen LogP contribution in [0.25, 0.3) is 0 Å². The maximum absolute atomic E-state index is 12.3. The van der Waals surface area contributed by atoms with Gasteiger partial charge in [-0.1, -0.05) is 236 Å². The van der Waals surface area contributed by atoms with Gasteiger partial charge >= 0.3 is 5.97 Å². The highest BCUT2D eigenvalue weighted by atomic mass is 16.6. The third-order valence-electron chi connectivity index (χ3n) is 11.6. The second kappa shape index (κ2) is 52.5. The van der Waals surface area contributed by atoms with Gasteiger partial charge in [-0.2, -0.15) is 0 Å².